The van der Waals surface area contributed by atoms with Crippen LogP contribution in [0.4, 0.5) is 0 Å². The zero-order valence-electron chi connectivity index (χ0n) is 11.3. The average Bonchev–Trinajstić information content (AvgIpc) is 2.64. The van der Waals surface area contributed by atoms with Gasteiger partial charge in [0.1, 0.15) is 0 Å². The molecule has 0 aromatic carbocycles. The fraction of sp³-hybridized carbons (Fsp3) is 0.769. The van der Waals surface area contributed by atoms with Crippen LogP contribution in [-0.4, -0.2) is 70.6 Å². The third kappa shape index (κ3) is 4.08. The van der Waals surface area contributed by atoms with E-state index in [1.165, 1.54) is 18.5 Å². The lowest BCUT2D eigenvalue weighted by Gasteiger charge is -2.20. The molecule has 5 heteroatoms. The third-order valence-electron chi connectivity index (χ3n) is 3.57. The van der Waals surface area contributed by atoms with Crippen molar-refractivity contribution in [1.29, 1.82) is 0 Å². The number of hydrogen-bond donors (Lipinski definition) is 1. The molecule has 1 fully saturated rings. The summed E-state index contributed by atoms with van der Waals surface area (Å²) in [6, 6.07) is 0. The van der Waals surface area contributed by atoms with Crippen LogP contribution in [-0.2, 0) is 13.5 Å². The van der Waals surface area contributed by atoms with Crippen LogP contribution in [0.15, 0.2) is 12.4 Å². The largest absolute Gasteiger partial charge is 0.395 e. The molecule has 102 valence electrons. The van der Waals surface area contributed by atoms with Crippen LogP contribution in [0.5, 0.6) is 0 Å². The summed E-state index contributed by atoms with van der Waals surface area (Å²) in [5, 5.41) is 13.2. The summed E-state index contributed by atoms with van der Waals surface area (Å²) in [7, 11) is 1.96. The van der Waals surface area contributed by atoms with Gasteiger partial charge in [0.2, 0.25) is 0 Å². The van der Waals surface area contributed by atoms with Gasteiger partial charge in [0.05, 0.1) is 12.8 Å². The van der Waals surface area contributed by atoms with Gasteiger partial charge in [-0.05, 0) is 31.5 Å². The molecule has 0 radical (unpaired) electrons. The molecular formula is C13H24N4O. The smallest absolute Gasteiger partial charge is 0.0558 e. The number of hydrogen-bond acceptors (Lipinski definition) is 4. The molecule has 1 aliphatic heterocycles. The number of β-amino-alcohol motifs (C(OH)–C–C–N with tert-alkyl or cyclic N) is 1. The van der Waals surface area contributed by atoms with Crippen molar-refractivity contribution in [2.45, 2.75) is 12.8 Å². The Balaban J connectivity index is 1.73. The molecule has 1 aliphatic rings. The molecule has 0 spiro atoms. The van der Waals surface area contributed by atoms with Crippen molar-refractivity contribution in [3.8, 4) is 0 Å². The lowest BCUT2D eigenvalue weighted by atomic mass is 10.2. The normalized spacial score (nSPS) is 19.0. The number of rotatable bonds is 5. The first-order valence-electron chi connectivity index (χ1n) is 6.81. The molecule has 1 N–H and O–H groups in total. The highest BCUT2D eigenvalue weighted by Gasteiger charge is 2.14. The van der Waals surface area contributed by atoms with E-state index in [9.17, 15) is 0 Å². The summed E-state index contributed by atoms with van der Waals surface area (Å²) in [6.07, 6.45) is 6.33. The highest BCUT2D eigenvalue weighted by atomic mass is 16.3. The fourth-order valence-electron chi connectivity index (χ4n) is 2.50. The molecule has 2 rings (SSSR count). The maximum atomic E-state index is 8.97. The molecule has 0 bridgehead atoms. The Morgan fingerprint density at radius 1 is 1.17 bits per heavy atom. The van der Waals surface area contributed by atoms with Gasteiger partial charge in [0.15, 0.2) is 0 Å². The van der Waals surface area contributed by atoms with E-state index in [2.05, 4.69) is 21.1 Å². The second kappa shape index (κ2) is 6.87. The molecule has 1 aromatic rings. The van der Waals surface area contributed by atoms with Crippen molar-refractivity contribution in [1.82, 2.24) is 19.6 Å². The van der Waals surface area contributed by atoms with E-state index in [1.54, 1.807) is 0 Å². The van der Waals surface area contributed by atoms with E-state index in [0.29, 0.717) is 0 Å². The van der Waals surface area contributed by atoms with Crippen LogP contribution in [0.1, 0.15) is 12.0 Å². The van der Waals surface area contributed by atoms with Gasteiger partial charge in [-0.1, -0.05) is 0 Å². The van der Waals surface area contributed by atoms with Crippen molar-refractivity contribution in [3.63, 3.8) is 0 Å². The minimum Gasteiger partial charge on any atom is -0.395 e. The molecular weight excluding hydrogens is 228 g/mol. The van der Waals surface area contributed by atoms with Gasteiger partial charge in [-0.25, -0.2) is 0 Å². The van der Waals surface area contributed by atoms with Gasteiger partial charge in [-0.2, -0.15) is 5.10 Å². The van der Waals surface area contributed by atoms with E-state index >= 15 is 0 Å². The Morgan fingerprint density at radius 2 is 1.89 bits per heavy atom. The molecule has 2 heterocycles. The fourth-order valence-corrected chi connectivity index (χ4v) is 2.50. The Morgan fingerprint density at radius 3 is 2.50 bits per heavy atom. The Labute approximate surface area is 109 Å². The summed E-state index contributed by atoms with van der Waals surface area (Å²) in [5.41, 5.74) is 1.31. The van der Waals surface area contributed by atoms with Gasteiger partial charge in [0, 0.05) is 39.4 Å². The number of aliphatic hydroxyl groups is 1. The molecule has 0 saturated carbocycles. The first-order valence-corrected chi connectivity index (χ1v) is 6.81. The minimum absolute atomic E-state index is 0.273. The van der Waals surface area contributed by atoms with Crippen molar-refractivity contribution >= 4 is 0 Å². The van der Waals surface area contributed by atoms with E-state index in [4.69, 9.17) is 5.11 Å². The molecule has 1 saturated heterocycles. The van der Waals surface area contributed by atoms with E-state index in [1.807, 2.05) is 17.9 Å². The summed E-state index contributed by atoms with van der Waals surface area (Å²) in [6.45, 7) is 6.67. The zero-order valence-corrected chi connectivity index (χ0v) is 11.3. The average molecular weight is 252 g/mol. The first-order chi connectivity index (χ1) is 8.78. The molecule has 1 aromatic heterocycles. The quantitative estimate of drug-likeness (QED) is 0.799. The van der Waals surface area contributed by atoms with Crippen molar-refractivity contribution in [3.05, 3.63) is 18.0 Å². The van der Waals surface area contributed by atoms with Gasteiger partial charge in [-0.3, -0.25) is 9.58 Å². The van der Waals surface area contributed by atoms with Gasteiger partial charge in [0.25, 0.3) is 0 Å². The second-order valence-electron chi connectivity index (χ2n) is 5.03. The summed E-state index contributed by atoms with van der Waals surface area (Å²) in [5.74, 6) is 0. The monoisotopic (exact) mass is 252 g/mol. The van der Waals surface area contributed by atoms with Gasteiger partial charge in [-0.15, -0.1) is 0 Å². The SMILES string of the molecule is Cn1cc(CCN2CCCN(CCO)CC2)cn1. The van der Waals surface area contributed by atoms with Crippen LogP contribution < -0.4 is 0 Å². The molecule has 5 nitrogen and oxygen atoms in total. The molecule has 0 amide bonds. The molecule has 0 unspecified atom stereocenters. The Hall–Kier alpha value is -0.910. The highest BCUT2D eigenvalue weighted by Crippen LogP contribution is 2.05. The van der Waals surface area contributed by atoms with Gasteiger partial charge >= 0.3 is 0 Å². The summed E-state index contributed by atoms with van der Waals surface area (Å²) < 4.78 is 1.86. The number of nitrogens with zero attached hydrogens (tertiary/aromatic N) is 4. The van der Waals surface area contributed by atoms with Crippen molar-refractivity contribution in [2.24, 2.45) is 7.05 Å². The standard InChI is InChI=1S/C13H24N4O/c1-15-12-13(11-14-15)3-6-16-4-2-5-17(8-7-16)9-10-18/h11-12,18H,2-10H2,1H3. The number of aromatic nitrogens is 2. The van der Waals surface area contributed by atoms with Crippen LogP contribution in [0.25, 0.3) is 0 Å². The molecule has 0 aliphatic carbocycles. The zero-order chi connectivity index (χ0) is 12.8. The van der Waals surface area contributed by atoms with Gasteiger partial charge < -0.3 is 10.0 Å². The van der Waals surface area contributed by atoms with Crippen molar-refractivity contribution in [2.75, 3.05) is 45.9 Å². The lowest BCUT2D eigenvalue weighted by molar-refractivity contribution is 0.197. The van der Waals surface area contributed by atoms with Crippen molar-refractivity contribution < 1.29 is 5.11 Å². The van der Waals surface area contributed by atoms with Crippen LogP contribution in [0.3, 0.4) is 0 Å². The summed E-state index contributed by atoms with van der Waals surface area (Å²) in [4.78, 5) is 4.87. The van der Waals surface area contributed by atoms with E-state index in [-0.39, 0.29) is 6.61 Å². The van der Waals surface area contributed by atoms with E-state index < -0.39 is 0 Å². The lowest BCUT2D eigenvalue weighted by Crippen LogP contribution is -2.33. The van der Waals surface area contributed by atoms with Crippen LogP contribution >= 0.6 is 0 Å². The maximum Gasteiger partial charge on any atom is 0.0558 e. The maximum absolute atomic E-state index is 8.97. The van der Waals surface area contributed by atoms with Crippen LogP contribution in [0, 0.1) is 0 Å². The Bertz CT molecular complexity index is 353. The second-order valence-corrected chi connectivity index (χ2v) is 5.03. The Kier molecular flexibility index (Phi) is 5.16. The van der Waals surface area contributed by atoms with Crippen LogP contribution in [0.2, 0.25) is 0 Å². The summed E-state index contributed by atoms with van der Waals surface area (Å²) >= 11 is 0. The predicted octanol–water partition coefficient (Wildman–Crippen LogP) is -0.0374. The predicted molar refractivity (Wildman–Crippen MR) is 71.5 cm³/mol. The third-order valence-corrected chi connectivity index (χ3v) is 3.57. The van der Waals surface area contributed by atoms with E-state index in [0.717, 1.165) is 39.1 Å². The topological polar surface area (TPSA) is 44.5 Å². The minimum atomic E-state index is 0.273. The number of aryl methyl sites for hydroxylation is 1. The number of aliphatic hydroxyl groups excluding tert-OH is 1. The molecule has 18 heavy (non-hydrogen) atoms. The molecule has 0 atom stereocenters. The first kappa shape index (κ1) is 13.5. The highest BCUT2D eigenvalue weighted by molar-refractivity contribution is 5.04.